The van der Waals surface area contributed by atoms with Crippen LogP contribution in [0.1, 0.15) is 24.3 Å². The molecule has 148 valence electrons. The fourth-order valence-electron chi connectivity index (χ4n) is 2.89. The predicted molar refractivity (Wildman–Crippen MR) is 105 cm³/mol. The highest BCUT2D eigenvalue weighted by Gasteiger charge is 2.35. The van der Waals surface area contributed by atoms with Crippen LogP contribution in [0.4, 0.5) is 0 Å². The van der Waals surface area contributed by atoms with Crippen molar-refractivity contribution < 1.29 is 23.7 Å². The maximum Gasteiger partial charge on any atom is 0.247 e. The molecule has 7 nitrogen and oxygen atoms in total. The smallest absolute Gasteiger partial charge is 0.247 e. The van der Waals surface area contributed by atoms with Crippen LogP contribution in [-0.4, -0.2) is 37.6 Å². The van der Waals surface area contributed by atoms with Crippen molar-refractivity contribution >= 4 is 23.4 Å². The van der Waals surface area contributed by atoms with E-state index < -0.39 is 6.23 Å². The highest BCUT2D eigenvalue weighted by atomic mass is 35.5. The van der Waals surface area contributed by atoms with Gasteiger partial charge in [-0.1, -0.05) is 17.7 Å². The van der Waals surface area contributed by atoms with E-state index in [1.807, 2.05) is 6.92 Å². The molecular formula is C20H21ClN2O5. The Bertz CT molecular complexity index is 915. The number of hydrogen-bond donors (Lipinski definition) is 0. The fourth-order valence-corrected chi connectivity index (χ4v) is 3.12. The molecule has 0 N–H and O–H groups in total. The van der Waals surface area contributed by atoms with Gasteiger partial charge in [-0.15, -0.1) is 5.10 Å². The van der Waals surface area contributed by atoms with Crippen molar-refractivity contribution in [3.8, 4) is 17.2 Å². The molecule has 0 saturated carbocycles. The van der Waals surface area contributed by atoms with Gasteiger partial charge >= 0.3 is 0 Å². The summed E-state index contributed by atoms with van der Waals surface area (Å²) >= 11 is 5.97. The molecule has 1 amide bonds. The third-order valence-electron chi connectivity index (χ3n) is 4.20. The molecule has 0 saturated heterocycles. The summed E-state index contributed by atoms with van der Waals surface area (Å²) in [6, 6.07) is 10.7. The summed E-state index contributed by atoms with van der Waals surface area (Å²) < 4.78 is 22.5. The summed E-state index contributed by atoms with van der Waals surface area (Å²) in [6.07, 6.45) is -0.771. The van der Waals surface area contributed by atoms with Gasteiger partial charge in [0, 0.05) is 11.9 Å². The van der Waals surface area contributed by atoms with Crippen LogP contribution in [0, 0.1) is 6.92 Å². The summed E-state index contributed by atoms with van der Waals surface area (Å²) in [7, 11) is 3.08. The van der Waals surface area contributed by atoms with Crippen molar-refractivity contribution in [3.05, 3.63) is 52.5 Å². The third-order valence-corrected chi connectivity index (χ3v) is 4.43. The van der Waals surface area contributed by atoms with Gasteiger partial charge in [0.05, 0.1) is 19.8 Å². The van der Waals surface area contributed by atoms with Crippen LogP contribution >= 0.6 is 11.6 Å². The Morgan fingerprint density at radius 1 is 1.21 bits per heavy atom. The average Bonchev–Trinajstić information content (AvgIpc) is 3.11. The number of nitrogens with zero attached hydrogens (tertiary/aromatic N) is 2. The SMILES string of the molecule is COc1cccc(C2OC(COc3ccc(Cl)cc3C)=NN2C(C)=O)c1OC. The number of rotatable bonds is 6. The summed E-state index contributed by atoms with van der Waals surface area (Å²) in [4.78, 5) is 12.1. The monoisotopic (exact) mass is 404 g/mol. The first-order valence-electron chi connectivity index (χ1n) is 8.58. The van der Waals surface area contributed by atoms with Crippen LogP contribution in [0.2, 0.25) is 5.02 Å². The first kappa shape index (κ1) is 19.8. The summed E-state index contributed by atoms with van der Waals surface area (Å²) in [5.41, 5.74) is 1.51. The first-order valence-corrected chi connectivity index (χ1v) is 8.96. The molecule has 2 aromatic carbocycles. The van der Waals surface area contributed by atoms with E-state index >= 15 is 0 Å². The van der Waals surface area contributed by atoms with Gasteiger partial charge in [0.2, 0.25) is 18.0 Å². The number of aryl methyl sites for hydroxylation is 1. The van der Waals surface area contributed by atoms with Crippen LogP contribution in [0.25, 0.3) is 0 Å². The number of methoxy groups -OCH3 is 2. The Morgan fingerprint density at radius 3 is 2.64 bits per heavy atom. The van der Waals surface area contributed by atoms with Crippen LogP contribution in [0.15, 0.2) is 41.5 Å². The fraction of sp³-hybridized carbons (Fsp3) is 0.300. The van der Waals surface area contributed by atoms with Gasteiger partial charge in [-0.2, -0.15) is 5.01 Å². The van der Waals surface area contributed by atoms with E-state index in [0.717, 1.165) is 5.56 Å². The van der Waals surface area contributed by atoms with Crippen LogP contribution in [0.5, 0.6) is 17.2 Å². The molecule has 1 aliphatic rings. The molecule has 1 atom stereocenters. The zero-order valence-electron chi connectivity index (χ0n) is 16.1. The Hall–Kier alpha value is -2.93. The molecule has 1 heterocycles. The maximum absolute atomic E-state index is 12.1. The molecule has 0 aromatic heterocycles. The molecule has 1 aliphatic heterocycles. The first-order chi connectivity index (χ1) is 13.4. The van der Waals surface area contributed by atoms with Gasteiger partial charge in [0.15, 0.2) is 18.1 Å². The van der Waals surface area contributed by atoms with Crippen molar-refractivity contribution in [2.24, 2.45) is 5.10 Å². The summed E-state index contributed by atoms with van der Waals surface area (Å²) in [5, 5.41) is 6.16. The molecular weight excluding hydrogens is 384 g/mol. The number of halogens is 1. The minimum atomic E-state index is -0.771. The van der Waals surface area contributed by atoms with E-state index in [9.17, 15) is 4.79 Å². The van der Waals surface area contributed by atoms with E-state index in [2.05, 4.69) is 5.10 Å². The minimum absolute atomic E-state index is 0.0645. The van der Waals surface area contributed by atoms with Crippen LogP contribution in [0.3, 0.4) is 0 Å². The lowest BCUT2D eigenvalue weighted by Crippen LogP contribution is -2.25. The summed E-state index contributed by atoms with van der Waals surface area (Å²) in [6.45, 7) is 3.37. The molecule has 0 fully saturated rings. The molecule has 0 aliphatic carbocycles. The van der Waals surface area contributed by atoms with Crippen molar-refractivity contribution in [2.45, 2.75) is 20.1 Å². The zero-order chi connectivity index (χ0) is 20.3. The Balaban J connectivity index is 1.82. The molecule has 3 rings (SSSR count). The van der Waals surface area contributed by atoms with Gasteiger partial charge in [0.25, 0.3) is 0 Å². The average molecular weight is 405 g/mol. The lowest BCUT2D eigenvalue weighted by Gasteiger charge is -2.22. The van der Waals surface area contributed by atoms with Gasteiger partial charge in [-0.05, 0) is 42.8 Å². The van der Waals surface area contributed by atoms with Crippen molar-refractivity contribution in [1.82, 2.24) is 5.01 Å². The van der Waals surface area contributed by atoms with Gasteiger partial charge < -0.3 is 18.9 Å². The van der Waals surface area contributed by atoms with Crippen LogP contribution < -0.4 is 14.2 Å². The van der Waals surface area contributed by atoms with Gasteiger partial charge in [-0.25, -0.2) is 0 Å². The normalized spacial score (nSPS) is 15.7. The van der Waals surface area contributed by atoms with E-state index in [0.29, 0.717) is 27.8 Å². The Kier molecular flexibility index (Phi) is 5.94. The molecule has 2 aromatic rings. The maximum atomic E-state index is 12.1. The lowest BCUT2D eigenvalue weighted by atomic mass is 10.1. The van der Waals surface area contributed by atoms with Crippen molar-refractivity contribution in [1.29, 1.82) is 0 Å². The highest BCUT2D eigenvalue weighted by molar-refractivity contribution is 6.30. The Morgan fingerprint density at radius 2 is 2.00 bits per heavy atom. The van der Waals surface area contributed by atoms with E-state index in [1.54, 1.807) is 43.5 Å². The van der Waals surface area contributed by atoms with Gasteiger partial charge in [-0.3, -0.25) is 4.79 Å². The molecule has 0 bridgehead atoms. The van der Waals surface area contributed by atoms with Gasteiger partial charge in [0.1, 0.15) is 5.75 Å². The van der Waals surface area contributed by atoms with Crippen molar-refractivity contribution in [3.63, 3.8) is 0 Å². The number of hydrazone groups is 1. The second-order valence-corrected chi connectivity index (χ2v) is 6.55. The van der Waals surface area contributed by atoms with E-state index in [-0.39, 0.29) is 18.4 Å². The Labute approximate surface area is 168 Å². The molecule has 1 unspecified atom stereocenters. The number of ether oxygens (including phenoxy) is 4. The van der Waals surface area contributed by atoms with E-state index in [4.69, 9.17) is 30.5 Å². The molecule has 8 heteroatoms. The number of para-hydroxylation sites is 1. The molecule has 28 heavy (non-hydrogen) atoms. The number of carbonyl (C=O) groups excluding carboxylic acids is 1. The number of carbonyl (C=O) groups is 1. The van der Waals surface area contributed by atoms with Crippen molar-refractivity contribution in [2.75, 3.05) is 20.8 Å². The molecule has 0 radical (unpaired) electrons. The highest BCUT2D eigenvalue weighted by Crippen LogP contribution is 2.39. The quantitative estimate of drug-likeness (QED) is 0.729. The lowest BCUT2D eigenvalue weighted by molar-refractivity contribution is -0.135. The predicted octanol–water partition coefficient (Wildman–Crippen LogP) is 3.94. The third kappa shape index (κ3) is 3.99. The number of amides is 1. The second kappa shape index (κ2) is 8.39. The largest absolute Gasteiger partial charge is 0.493 e. The number of hydrogen-bond acceptors (Lipinski definition) is 6. The topological polar surface area (TPSA) is 69.6 Å². The second-order valence-electron chi connectivity index (χ2n) is 6.11. The van der Waals surface area contributed by atoms with Crippen LogP contribution in [-0.2, 0) is 9.53 Å². The summed E-state index contributed by atoms with van der Waals surface area (Å²) in [5.74, 6) is 1.68. The van der Waals surface area contributed by atoms with E-state index in [1.165, 1.54) is 19.0 Å². The molecule has 0 spiro atoms. The number of benzene rings is 2. The minimum Gasteiger partial charge on any atom is -0.493 e. The standard InChI is InChI=1S/C20H21ClN2O5/c1-12-10-14(21)8-9-16(12)27-11-18-22-23(13(2)24)20(28-18)15-6-5-7-17(25-3)19(15)26-4/h5-10,20H,11H2,1-4H3. The zero-order valence-corrected chi connectivity index (χ0v) is 16.8.